The highest BCUT2D eigenvalue weighted by atomic mass is 32.2. The van der Waals surface area contributed by atoms with Gasteiger partial charge in [-0.3, -0.25) is 10.1 Å². The lowest BCUT2D eigenvalue weighted by Gasteiger charge is -2.07. The van der Waals surface area contributed by atoms with Gasteiger partial charge in [-0.15, -0.1) is 21.5 Å². The Balaban J connectivity index is 1.93. The third kappa shape index (κ3) is 4.80. The molecule has 7 nitrogen and oxygen atoms in total. The van der Waals surface area contributed by atoms with E-state index in [1.165, 1.54) is 11.8 Å². The number of nitrogens with zero attached hydrogens (tertiary/aromatic N) is 3. The smallest absolute Gasteiger partial charge is 0.321 e. The minimum atomic E-state index is -0.464. The zero-order valence-electron chi connectivity index (χ0n) is 13.0. The normalized spacial score (nSPS) is 10.5. The Bertz CT molecular complexity index is 654. The van der Waals surface area contributed by atoms with Crippen LogP contribution in [-0.4, -0.2) is 39.0 Å². The molecule has 2 aromatic rings. The molecule has 0 saturated carbocycles. The quantitative estimate of drug-likeness (QED) is 0.746. The molecule has 0 bridgehead atoms. The zero-order chi connectivity index (χ0) is 16.7. The molecule has 2 rings (SSSR count). The minimum absolute atomic E-state index is 0.113. The number of nitrogens with one attached hydrogen (secondary N) is 2. The molecule has 2 aromatic heterocycles. The van der Waals surface area contributed by atoms with Gasteiger partial charge in [0.05, 0.1) is 10.6 Å². The van der Waals surface area contributed by atoms with Crippen LogP contribution in [0.1, 0.15) is 20.3 Å². The number of hydrogen-bond acceptors (Lipinski definition) is 6. The summed E-state index contributed by atoms with van der Waals surface area (Å²) < 4.78 is 1.96. The van der Waals surface area contributed by atoms with Gasteiger partial charge in [-0.1, -0.05) is 24.8 Å². The van der Waals surface area contributed by atoms with Crippen molar-refractivity contribution in [3.63, 3.8) is 0 Å². The fraction of sp³-hybridized carbons (Fsp3) is 0.429. The number of rotatable bonds is 7. The van der Waals surface area contributed by atoms with Gasteiger partial charge in [0.15, 0.2) is 11.0 Å². The van der Waals surface area contributed by atoms with Crippen molar-refractivity contribution in [1.82, 2.24) is 25.4 Å². The van der Waals surface area contributed by atoms with E-state index in [1.807, 2.05) is 35.9 Å². The van der Waals surface area contributed by atoms with Crippen molar-refractivity contribution in [2.45, 2.75) is 32.0 Å². The summed E-state index contributed by atoms with van der Waals surface area (Å²) in [5.74, 6) is 0.556. The first-order valence-electron chi connectivity index (χ1n) is 7.33. The number of hydrogen-bond donors (Lipinski definition) is 2. The molecule has 0 aromatic carbocycles. The highest BCUT2D eigenvalue weighted by molar-refractivity contribution is 7.99. The highest BCUT2D eigenvalue weighted by Gasteiger charge is 2.15. The molecule has 0 radical (unpaired) electrons. The summed E-state index contributed by atoms with van der Waals surface area (Å²) in [5.41, 5.74) is 0. The first-order chi connectivity index (χ1) is 11.2. The average molecular weight is 353 g/mol. The predicted molar refractivity (Wildman–Crippen MR) is 91.6 cm³/mol. The molecule has 0 fully saturated rings. The van der Waals surface area contributed by atoms with Gasteiger partial charge in [0.2, 0.25) is 5.91 Å². The average Bonchev–Trinajstić information content (AvgIpc) is 3.19. The molecular weight excluding hydrogens is 334 g/mol. The van der Waals surface area contributed by atoms with Gasteiger partial charge >= 0.3 is 6.03 Å². The number of carbonyl (C=O) groups is 2. The number of amides is 3. The molecule has 0 aliphatic carbocycles. The largest absolute Gasteiger partial charge is 0.338 e. The molecule has 23 heavy (non-hydrogen) atoms. The van der Waals surface area contributed by atoms with Crippen molar-refractivity contribution in [1.29, 1.82) is 0 Å². The summed E-state index contributed by atoms with van der Waals surface area (Å²) in [7, 11) is 0. The first-order valence-corrected chi connectivity index (χ1v) is 9.19. The summed E-state index contributed by atoms with van der Waals surface area (Å²) in [5, 5.41) is 15.9. The third-order valence-electron chi connectivity index (χ3n) is 2.90. The van der Waals surface area contributed by atoms with Crippen molar-refractivity contribution in [2.24, 2.45) is 0 Å². The standard InChI is InChI=1S/C14H19N5O2S2/c1-3-7-15-13(21)16-11(20)9-23-14-18-17-12(19(14)4-2)10-6-5-8-22-10/h5-6,8H,3-4,7,9H2,1-2H3,(H2,15,16,20,21). The van der Waals surface area contributed by atoms with Crippen molar-refractivity contribution in [3.8, 4) is 10.7 Å². The Hall–Kier alpha value is -1.87. The highest BCUT2D eigenvalue weighted by Crippen LogP contribution is 2.26. The minimum Gasteiger partial charge on any atom is -0.338 e. The summed E-state index contributed by atoms with van der Waals surface area (Å²) in [6.07, 6.45) is 0.821. The Morgan fingerprint density at radius 1 is 1.35 bits per heavy atom. The van der Waals surface area contributed by atoms with Crippen LogP contribution in [-0.2, 0) is 11.3 Å². The van der Waals surface area contributed by atoms with Crippen LogP contribution >= 0.6 is 23.1 Å². The van der Waals surface area contributed by atoms with E-state index in [9.17, 15) is 9.59 Å². The second kappa shape index (κ2) is 8.68. The van der Waals surface area contributed by atoms with Gasteiger partial charge in [-0.2, -0.15) is 0 Å². The first kappa shape index (κ1) is 17.5. The van der Waals surface area contributed by atoms with Gasteiger partial charge in [0, 0.05) is 13.1 Å². The molecule has 0 spiro atoms. The van der Waals surface area contributed by atoms with Gasteiger partial charge in [-0.05, 0) is 24.8 Å². The zero-order valence-corrected chi connectivity index (χ0v) is 14.7. The maximum Gasteiger partial charge on any atom is 0.321 e. The molecule has 0 aliphatic heterocycles. The second-order valence-corrected chi connectivity index (χ2v) is 6.51. The lowest BCUT2D eigenvalue weighted by molar-refractivity contribution is -0.117. The van der Waals surface area contributed by atoms with Crippen LogP contribution in [0, 0.1) is 0 Å². The van der Waals surface area contributed by atoms with Crippen molar-refractivity contribution < 1.29 is 9.59 Å². The van der Waals surface area contributed by atoms with Crippen LogP contribution < -0.4 is 10.6 Å². The van der Waals surface area contributed by atoms with Crippen LogP contribution in [0.2, 0.25) is 0 Å². The Labute approximate surface area is 142 Å². The number of imide groups is 1. The molecule has 2 heterocycles. The van der Waals surface area contributed by atoms with Crippen molar-refractivity contribution in [2.75, 3.05) is 12.3 Å². The van der Waals surface area contributed by atoms with Crippen molar-refractivity contribution >= 4 is 35.0 Å². The maximum atomic E-state index is 11.8. The molecule has 0 aliphatic rings. The van der Waals surface area contributed by atoms with Gasteiger partial charge < -0.3 is 9.88 Å². The monoisotopic (exact) mass is 353 g/mol. The number of aromatic nitrogens is 3. The van der Waals surface area contributed by atoms with Gasteiger partial charge in [0.25, 0.3) is 0 Å². The molecular formula is C14H19N5O2S2. The Kier molecular flexibility index (Phi) is 6.60. The molecule has 2 N–H and O–H groups in total. The molecule has 0 atom stereocenters. The number of thiophene rings is 1. The lowest BCUT2D eigenvalue weighted by atomic mass is 10.4. The summed E-state index contributed by atoms with van der Waals surface area (Å²) in [6, 6.07) is 3.48. The van der Waals surface area contributed by atoms with Crippen LogP contribution in [0.5, 0.6) is 0 Å². The lowest BCUT2D eigenvalue weighted by Crippen LogP contribution is -2.40. The molecule has 3 amide bonds. The summed E-state index contributed by atoms with van der Waals surface area (Å²) >= 11 is 2.86. The summed E-state index contributed by atoms with van der Waals surface area (Å²) in [4.78, 5) is 24.2. The number of urea groups is 1. The van der Waals surface area contributed by atoms with Crippen LogP contribution in [0.25, 0.3) is 10.7 Å². The van der Waals surface area contributed by atoms with E-state index >= 15 is 0 Å². The van der Waals surface area contributed by atoms with E-state index in [0.29, 0.717) is 18.2 Å². The maximum absolute atomic E-state index is 11.8. The molecule has 0 unspecified atom stereocenters. The fourth-order valence-corrected chi connectivity index (χ4v) is 3.36. The van der Waals surface area contributed by atoms with E-state index in [2.05, 4.69) is 20.8 Å². The van der Waals surface area contributed by atoms with Crippen LogP contribution in [0.4, 0.5) is 4.79 Å². The predicted octanol–water partition coefficient (Wildman–Crippen LogP) is 2.35. The Morgan fingerprint density at radius 2 is 2.17 bits per heavy atom. The summed E-state index contributed by atoms with van der Waals surface area (Å²) in [6.45, 7) is 5.20. The number of carbonyl (C=O) groups excluding carboxylic acids is 2. The van der Waals surface area contributed by atoms with Crippen LogP contribution in [0.15, 0.2) is 22.7 Å². The van der Waals surface area contributed by atoms with E-state index in [-0.39, 0.29) is 11.7 Å². The van der Waals surface area contributed by atoms with Crippen LogP contribution in [0.3, 0.4) is 0 Å². The SMILES string of the molecule is CCCNC(=O)NC(=O)CSc1nnc(-c2cccs2)n1CC. The molecule has 9 heteroatoms. The second-order valence-electron chi connectivity index (χ2n) is 4.62. The molecule has 124 valence electrons. The fourth-order valence-electron chi connectivity index (χ4n) is 1.84. The van der Waals surface area contributed by atoms with Gasteiger partial charge in [0.1, 0.15) is 0 Å². The van der Waals surface area contributed by atoms with E-state index in [1.54, 1.807) is 11.3 Å². The topological polar surface area (TPSA) is 88.9 Å². The third-order valence-corrected chi connectivity index (χ3v) is 4.73. The van der Waals surface area contributed by atoms with Gasteiger partial charge in [-0.25, -0.2) is 4.79 Å². The van der Waals surface area contributed by atoms with E-state index in [4.69, 9.17) is 0 Å². The van der Waals surface area contributed by atoms with Crippen molar-refractivity contribution in [3.05, 3.63) is 17.5 Å². The van der Waals surface area contributed by atoms with E-state index in [0.717, 1.165) is 17.1 Å². The van der Waals surface area contributed by atoms with E-state index < -0.39 is 6.03 Å². The number of thioether (sulfide) groups is 1. The molecule has 0 saturated heterocycles. The Morgan fingerprint density at radius 3 is 2.83 bits per heavy atom.